The molecule has 0 spiro atoms. The molecule has 2 rings (SSSR count). The minimum absolute atomic E-state index is 0.260. The second-order valence-electron chi connectivity index (χ2n) is 8.21. The lowest BCUT2D eigenvalue weighted by atomic mass is 9.86. The molecule has 2 aromatic carbocycles. The Labute approximate surface area is 153 Å². The molecule has 0 aliphatic heterocycles. The Morgan fingerprint density at radius 1 is 1.04 bits per heavy atom. The summed E-state index contributed by atoms with van der Waals surface area (Å²) in [5.74, 6) is 0. The maximum Gasteiger partial charge on any atom is 0.0706 e. The van der Waals surface area contributed by atoms with Crippen molar-refractivity contribution in [3.8, 4) is 0 Å². The fourth-order valence-corrected chi connectivity index (χ4v) is 3.30. The first-order valence-electron chi connectivity index (χ1n) is 9.01. The van der Waals surface area contributed by atoms with E-state index >= 15 is 0 Å². The number of nitrogens with zero attached hydrogens (tertiary/aromatic N) is 1. The van der Waals surface area contributed by atoms with Gasteiger partial charge < -0.3 is 0 Å². The quantitative estimate of drug-likeness (QED) is 0.535. The van der Waals surface area contributed by atoms with Crippen LogP contribution in [0.1, 0.15) is 61.1 Å². The molecular weight excluding hydrogens is 302 g/mol. The van der Waals surface area contributed by atoms with Crippen LogP contribution in [0.5, 0.6) is 0 Å². The van der Waals surface area contributed by atoms with Crippen LogP contribution in [0.25, 0.3) is 5.57 Å². The largest absolute Gasteiger partial charge is 0.261 e. The van der Waals surface area contributed by atoms with Gasteiger partial charge in [-0.3, -0.25) is 4.99 Å². The van der Waals surface area contributed by atoms with E-state index in [9.17, 15) is 0 Å². The van der Waals surface area contributed by atoms with E-state index in [2.05, 4.69) is 83.4 Å². The molecule has 0 aliphatic carbocycles. The SMILES string of the molecule is C=C(c1ccc(CC(C)(C)C)cc1/N=C\C)c1cc(C)cc(C)c1C. The zero-order valence-corrected chi connectivity index (χ0v) is 16.8. The van der Waals surface area contributed by atoms with E-state index < -0.39 is 0 Å². The van der Waals surface area contributed by atoms with Crippen LogP contribution < -0.4 is 0 Å². The van der Waals surface area contributed by atoms with Gasteiger partial charge in [0, 0.05) is 11.8 Å². The van der Waals surface area contributed by atoms with Gasteiger partial charge in [0.2, 0.25) is 0 Å². The molecule has 0 heterocycles. The smallest absolute Gasteiger partial charge is 0.0706 e. The summed E-state index contributed by atoms with van der Waals surface area (Å²) in [5, 5.41) is 0. The van der Waals surface area contributed by atoms with Crippen LogP contribution >= 0.6 is 0 Å². The molecule has 0 saturated carbocycles. The third-order valence-corrected chi connectivity index (χ3v) is 4.53. The number of rotatable bonds is 4. The van der Waals surface area contributed by atoms with E-state index in [0.29, 0.717) is 0 Å². The van der Waals surface area contributed by atoms with Gasteiger partial charge in [-0.1, -0.05) is 57.2 Å². The zero-order chi connectivity index (χ0) is 18.8. The van der Waals surface area contributed by atoms with Crippen molar-refractivity contribution in [2.24, 2.45) is 10.4 Å². The maximum atomic E-state index is 4.63. The fourth-order valence-electron chi connectivity index (χ4n) is 3.30. The zero-order valence-electron chi connectivity index (χ0n) is 16.8. The van der Waals surface area contributed by atoms with Gasteiger partial charge in [0.15, 0.2) is 0 Å². The van der Waals surface area contributed by atoms with Crippen molar-refractivity contribution >= 4 is 17.5 Å². The van der Waals surface area contributed by atoms with E-state index in [1.54, 1.807) is 0 Å². The van der Waals surface area contributed by atoms with E-state index in [1.807, 2.05) is 13.1 Å². The molecule has 25 heavy (non-hydrogen) atoms. The van der Waals surface area contributed by atoms with Crippen molar-refractivity contribution in [2.75, 3.05) is 0 Å². The average Bonchev–Trinajstić information content (AvgIpc) is 2.49. The predicted molar refractivity (Wildman–Crippen MR) is 112 cm³/mol. The van der Waals surface area contributed by atoms with Crippen LogP contribution in [-0.4, -0.2) is 6.21 Å². The van der Waals surface area contributed by atoms with Crippen LogP contribution in [0.3, 0.4) is 0 Å². The minimum atomic E-state index is 0.260. The highest BCUT2D eigenvalue weighted by molar-refractivity contribution is 5.86. The van der Waals surface area contributed by atoms with Gasteiger partial charge in [-0.25, -0.2) is 0 Å². The van der Waals surface area contributed by atoms with Gasteiger partial charge >= 0.3 is 0 Å². The van der Waals surface area contributed by atoms with Crippen molar-refractivity contribution in [3.63, 3.8) is 0 Å². The third kappa shape index (κ3) is 4.69. The first-order chi connectivity index (χ1) is 11.6. The van der Waals surface area contributed by atoms with Gasteiger partial charge in [0.1, 0.15) is 0 Å². The second kappa shape index (κ2) is 7.39. The highest BCUT2D eigenvalue weighted by atomic mass is 14.7. The monoisotopic (exact) mass is 333 g/mol. The van der Waals surface area contributed by atoms with Crippen molar-refractivity contribution < 1.29 is 0 Å². The summed E-state index contributed by atoms with van der Waals surface area (Å²) in [5.41, 5.74) is 9.83. The Balaban J connectivity index is 2.53. The molecule has 132 valence electrons. The second-order valence-corrected chi connectivity index (χ2v) is 8.21. The van der Waals surface area contributed by atoms with Gasteiger partial charge in [0.05, 0.1) is 5.69 Å². The van der Waals surface area contributed by atoms with E-state index in [1.165, 1.54) is 27.8 Å². The Bertz CT molecular complexity index is 817. The Morgan fingerprint density at radius 2 is 1.72 bits per heavy atom. The fraction of sp³-hybridized carbons (Fsp3) is 0.375. The molecule has 1 heteroatoms. The van der Waals surface area contributed by atoms with Gasteiger partial charge in [-0.2, -0.15) is 0 Å². The Kier molecular flexibility index (Phi) is 5.67. The summed E-state index contributed by atoms with van der Waals surface area (Å²) in [6.07, 6.45) is 2.90. The summed E-state index contributed by atoms with van der Waals surface area (Å²) >= 11 is 0. The highest BCUT2D eigenvalue weighted by Crippen LogP contribution is 2.35. The van der Waals surface area contributed by atoms with E-state index in [0.717, 1.165) is 23.2 Å². The van der Waals surface area contributed by atoms with Gasteiger partial charge in [0.25, 0.3) is 0 Å². The van der Waals surface area contributed by atoms with Crippen molar-refractivity contribution in [3.05, 3.63) is 70.3 Å². The molecule has 2 aromatic rings. The van der Waals surface area contributed by atoms with Crippen LogP contribution in [0.15, 0.2) is 41.9 Å². The Morgan fingerprint density at radius 3 is 2.32 bits per heavy atom. The Hall–Kier alpha value is -2.15. The molecule has 0 aliphatic rings. The van der Waals surface area contributed by atoms with Crippen molar-refractivity contribution in [1.82, 2.24) is 0 Å². The summed E-state index contributed by atoms with van der Waals surface area (Å²) in [6.45, 7) is 19.6. The third-order valence-electron chi connectivity index (χ3n) is 4.53. The van der Waals surface area contributed by atoms with E-state index in [4.69, 9.17) is 0 Å². The molecule has 0 radical (unpaired) electrons. The lowest BCUT2D eigenvalue weighted by Crippen LogP contribution is -2.09. The van der Waals surface area contributed by atoms with Crippen LogP contribution in [-0.2, 0) is 6.42 Å². The van der Waals surface area contributed by atoms with Gasteiger partial charge in [-0.05, 0) is 73.4 Å². The number of hydrogen-bond acceptors (Lipinski definition) is 1. The molecule has 0 fully saturated rings. The maximum absolute atomic E-state index is 4.63. The summed E-state index contributed by atoms with van der Waals surface area (Å²) in [7, 11) is 0. The molecule has 0 unspecified atom stereocenters. The molecule has 0 amide bonds. The molecule has 1 nitrogen and oxygen atoms in total. The average molecular weight is 334 g/mol. The van der Waals surface area contributed by atoms with E-state index in [-0.39, 0.29) is 5.41 Å². The van der Waals surface area contributed by atoms with Crippen LogP contribution in [0.4, 0.5) is 5.69 Å². The molecule has 0 atom stereocenters. The molecule has 0 saturated heterocycles. The number of hydrogen-bond donors (Lipinski definition) is 0. The lowest BCUT2D eigenvalue weighted by molar-refractivity contribution is 0.411. The summed E-state index contributed by atoms with van der Waals surface area (Å²) in [4.78, 5) is 4.63. The standard InChI is InChI=1S/C24H31N/c1-9-25-23-14-20(15-24(6,7)8)10-11-21(23)19(5)22-13-16(2)12-17(3)18(22)4/h9-14H,5,15H2,1-4,6-8H3/b25-9-. The lowest BCUT2D eigenvalue weighted by Gasteiger charge is -2.20. The molecular formula is C24H31N. The minimum Gasteiger partial charge on any atom is -0.261 e. The normalized spacial score (nSPS) is 12.0. The van der Waals surface area contributed by atoms with Crippen molar-refractivity contribution in [2.45, 2.75) is 54.9 Å². The molecule has 0 N–H and O–H groups in total. The summed E-state index contributed by atoms with van der Waals surface area (Å²) in [6, 6.07) is 11.1. The molecule has 0 aromatic heterocycles. The number of aliphatic imine (C=N–C) groups is 1. The highest BCUT2D eigenvalue weighted by Gasteiger charge is 2.15. The predicted octanol–water partition coefficient (Wildman–Crippen LogP) is 6.98. The van der Waals surface area contributed by atoms with Crippen LogP contribution in [0.2, 0.25) is 0 Å². The first kappa shape index (κ1) is 19.2. The number of aryl methyl sites for hydroxylation is 2. The first-order valence-corrected chi connectivity index (χ1v) is 9.01. The summed E-state index contributed by atoms with van der Waals surface area (Å²) < 4.78 is 0. The molecule has 0 bridgehead atoms. The topological polar surface area (TPSA) is 12.4 Å². The van der Waals surface area contributed by atoms with Crippen molar-refractivity contribution in [1.29, 1.82) is 0 Å². The number of benzene rings is 2. The van der Waals surface area contributed by atoms with Crippen LogP contribution in [0, 0.1) is 26.2 Å². The van der Waals surface area contributed by atoms with Gasteiger partial charge in [-0.15, -0.1) is 0 Å².